The average Bonchev–Trinajstić information content (AvgIpc) is 4.36. The van der Waals surface area contributed by atoms with Gasteiger partial charge in [-0.1, -0.05) is 26.7 Å². The van der Waals surface area contributed by atoms with Gasteiger partial charge < -0.3 is 46.4 Å². The van der Waals surface area contributed by atoms with E-state index in [9.17, 15) is 22.4 Å². The zero-order valence-electron chi connectivity index (χ0n) is 47.3. The molecule has 0 amide bonds. The van der Waals surface area contributed by atoms with Crippen molar-refractivity contribution in [1.82, 2.24) is 0 Å². The smallest absolute Gasteiger partial charge is 0.253 e. The number of halogens is 4. The quantitative estimate of drug-likeness (QED) is 0.161. The molecule has 2 heterocycles. The highest BCUT2D eigenvalue weighted by Crippen LogP contribution is 2.69. The Labute approximate surface area is 458 Å². The van der Waals surface area contributed by atoms with Crippen molar-refractivity contribution >= 4 is 5.78 Å². The maximum absolute atomic E-state index is 13.8. The van der Waals surface area contributed by atoms with E-state index >= 15 is 0 Å². The van der Waals surface area contributed by atoms with E-state index < -0.39 is 11.8 Å². The largest absolute Gasteiger partial charge is 0.394 e. The number of ether oxygens (including phenoxy) is 4. The van der Waals surface area contributed by atoms with E-state index in [1.165, 1.54) is 109 Å². The van der Waals surface area contributed by atoms with Gasteiger partial charge in [0.05, 0.1) is 39.6 Å². The summed E-state index contributed by atoms with van der Waals surface area (Å²) in [6.07, 6.45) is 30.5. The molecule has 0 aromatic rings. The summed E-state index contributed by atoms with van der Waals surface area (Å²) in [7, 11) is 0. The molecular weight excluding hydrogens is 987 g/mol. The number of ketones is 1. The van der Waals surface area contributed by atoms with Gasteiger partial charge in [0.1, 0.15) is 5.78 Å². The molecule has 2 aliphatic heterocycles. The van der Waals surface area contributed by atoms with Crippen molar-refractivity contribution in [3.05, 3.63) is 0 Å². The number of aliphatic hydroxyl groups excluding tert-OH is 2. The molecule has 22 rings (SSSR count). The zero-order chi connectivity index (χ0) is 54.0. The number of nitrogens with two attached hydrogens (primary N) is 3. The third-order valence-electron chi connectivity index (χ3n) is 26.2. The molecule has 22 aliphatic rings. The molecule has 2 spiro atoms. The zero-order valence-corrected chi connectivity index (χ0v) is 47.3. The minimum Gasteiger partial charge on any atom is -0.394 e. The second kappa shape index (κ2) is 20.7. The molecule has 10 atom stereocenters. The number of hydrogen-bond donors (Lipinski definition) is 5. The predicted molar refractivity (Wildman–Crippen MR) is 286 cm³/mol. The number of alkyl halides is 4. The SMILES string of the molecule is CCC12CC3CC(C1)C(=O)C(C3)C2.CCC12CC3CC(C1)C1(OCCO1)C(C3)C2.NCC12CC3CC(C1)C(F)(F)C(C3)C2.NCC12CC3CC(C1)C(F)(F)C(C3)C2.NCC12CC3CC(C1)C1(OCCO1)C(C3)C2.OCCO. The third kappa shape index (κ3) is 9.61. The fourth-order valence-electron chi connectivity index (χ4n) is 23.7. The Balaban J connectivity index is 0.0000000952. The Bertz CT molecular complexity index is 1910. The first-order valence-corrected chi connectivity index (χ1v) is 31.9. The lowest BCUT2D eigenvalue weighted by molar-refractivity contribution is -0.303. The Morgan fingerprint density at radius 2 is 0.636 bits per heavy atom. The van der Waals surface area contributed by atoms with Crippen LogP contribution in [0.5, 0.6) is 0 Å². The van der Waals surface area contributed by atoms with Crippen LogP contribution in [0, 0.1) is 116 Å². The van der Waals surface area contributed by atoms with Crippen molar-refractivity contribution in [3.63, 3.8) is 0 Å². The summed E-state index contributed by atoms with van der Waals surface area (Å²) in [6.45, 7) is 9.81. The summed E-state index contributed by atoms with van der Waals surface area (Å²) in [6, 6.07) is 0. The normalized spacial score (nSPS) is 50.8. The van der Waals surface area contributed by atoms with Crippen LogP contribution in [0.1, 0.15) is 187 Å². The molecule has 20 saturated carbocycles. The predicted octanol–water partition coefficient (Wildman–Crippen LogP) is 11.1. The molecule has 14 heteroatoms. The third-order valence-corrected chi connectivity index (χ3v) is 26.2. The molecule has 8 N–H and O–H groups in total. The van der Waals surface area contributed by atoms with Gasteiger partial charge in [-0.15, -0.1) is 0 Å². The van der Waals surface area contributed by atoms with Crippen molar-refractivity contribution in [2.75, 3.05) is 59.3 Å². The van der Waals surface area contributed by atoms with Crippen molar-refractivity contribution in [3.8, 4) is 0 Å². The van der Waals surface area contributed by atoms with E-state index in [0.717, 1.165) is 89.3 Å². The second-order valence-corrected chi connectivity index (χ2v) is 30.6. The first kappa shape index (κ1) is 56.5. The van der Waals surface area contributed by atoms with Gasteiger partial charge in [-0.05, 0) is 237 Å². The molecule has 77 heavy (non-hydrogen) atoms. The highest BCUT2D eigenvalue weighted by Gasteiger charge is 2.68. The first-order valence-electron chi connectivity index (χ1n) is 31.9. The van der Waals surface area contributed by atoms with E-state index in [2.05, 4.69) is 13.8 Å². The number of aliphatic hydroxyl groups is 2. The van der Waals surface area contributed by atoms with Crippen LogP contribution in [0.2, 0.25) is 0 Å². The van der Waals surface area contributed by atoms with Crippen molar-refractivity contribution in [1.29, 1.82) is 0 Å². The fraction of sp³-hybridized carbons (Fsp3) is 0.984. The molecule has 20 bridgehead atoms. The monoisotopic (exact) mass is 1090 g/mol. The van der Waals surface area contributed by atoms with E-state index in [-0.39, 0.29) is 59.3 Å². The summed E-state index contributed by atoms with van der Waals surface area (Å²) < 4.78 is 79.4. The molecular formula is C63H101F4N3O7. The summed E-state index contributed by atoms with van der Waals surface area (Å²) in [4.78, 5) is 11.8. The Kier molecular flexibility index (Phi) is 15.2. The van der Waals surface area contributed by atoms with Gasteiger partial charge in [0.2, 0.25) is 0 Å². The number of rotatable bonds is 6. The van der Waals surface area contributed by atoms with Crippen molar-refractivity contribution in [2.24, 2.45) is 133 Å². The van der Waals surface area contributed by atoms with Crippen molar-refractivity contribution < 1.29 is 51.5 Å². The summed E-state index contributed by atoms with van der Waals surface area (Å²) in [5.74, 6) is 1.69. The molecule has 0 aromatic carbocycles. The highest BCUT2D eigenvalue weighted by atomic mass is 19.3. The van der Waals surface area contributed by atoms with Crippen LogP contribution in [0.25, 0.3) is 0 Å². The standard InChI is InChI=1S/C14H22O2.C13H21NO2.C12H18O.2C11H17F2N.C2H6O2/c1-2-13-7-10-5-11(8-13)14(12(6-10)9-13)15-3-4-16-14;14-8-12-5-9-3-10(6-12)13(11(4-9)7-12)15-1-2-16-13;1-2-12-5-8-3-9(6-12)11(13)10(4-8)7-12;2*12-11(13)8-1-7-2-9(11)5-10(3-7,4-8)6-14;3-1-2-4/h10-12H,2-9H2,1H3;9-11H,1-8,14H2;8-10H,2-7H2,1H3;2*7-9H,1-6,14H2;3-4H,1-2H2. The van der Waals surface area contributed by atoms with E-state index in [1.807, 2.05) is 0 Å². The van der Waals surface area contributed by atoms with Crippen molar-refractivity contribution in [2.45, 2.75) is 211 Å². The molecule has 2 saturated heterocycles. The fourth-order valence-corrected chi connectivity index (χ4v) is 23.7. The summed E-state index contributed by atoms with van der Waals surface area (Å²) in [5.41, 5.74) is 19.5. The van der Waals surface area contributed by atoms with Crippen LogP contribution in [-0.4, -0.2) is 98.7 Å². The lowest BCUT2D eigenvalue weighted by atomic mass is 9.46. The Morgan fingerprint density at radius 1 is 0.390 bits per heavy atom. The Hall–Kier alpha value is -0.970. The van der Waals surface area contributed by atoms with Gasteiger partial charge >= 0.3 is 0 Å². The molecule has 0 radical (unpaired) electrons. The van der Waals surface area contributed by atoms with Crippen LogP contribution in [0.3, 0.4) is 0 Å². The van der Waals surface area contributed by atoms with Crippen LogP contribution < -0.4 is 17.2 Å². The van der Waals surface area contributed by atoms with Crippen LogP contribution >= 0.6 is 0 Å². The van der Waals surface area contributed by atoms with E-state index in [1.54, 1.807) is 0 Å². The highest BCUT2D eigenvalue weighted by molar-refractivity contribution is 5.85. The van der Waals surface area contributed by atoms with Gasteiger partial charge in [0.25, 0.3) is 11.8 Å². The molecule has 22 fully saturated rings. The van der Waals surface area contributed by atoms with Crippen LogP contribution in [-0.2, 0) is 23.7 Å². The molecule has 0 aromatic heterocycles. The number of carbonyl (C=O) groups excluding carboxylic acids is 1. The summed E-state index contributed by atoms with van der Waals surface area (Å²) >= 11 is 0. The van der Waals surface area contributed by atoms with Gasteiger partial charge in [0.15, 0.2) is 11.6 Å². The molecule has 438 valence electrons. The number of Topliss-reactive ketones (excluding diaryl/α,β-unsaturated/α-hetero) is 1. The van der Waals surface area contributed by atoms with Crippen LogP contribution in [0.15, 0.2) is 0 Å². The van der Waals surface area contributed by atoms with Gasteiger partial charge in [-0.3, -0.25) is 4.79 Å². The Morgan fingerprint density at radius 3 is 0.922 bits per heavy atom. The number of hydrogen-bond acceptors (Lipinski definition) is 10. The maximum atomic E-state index is 13.8. The minimum absolute atomic E-state index is 0.0954. The minimum atomic E-state index is -2.38. The lowest BCUT2D eigenvalue weighted by Crippen LogP contribution is -2.63. The molecule has 20 aliphatic carbocycles. The van der Waals surface area contributed by atoms with Gasteiger partial charge in [0, 0.05) is 59.2 Å². The average molecular weight is 1090 g/mol. The van der Waals surface area contributed by atoms with E-state index in [4.69, 9.17) is 46.4 Å². The van der Waals surface area contributed by atoms with Crippen LogP contribution in [0.4, 0.5) is 17.6 Å². The summed E-state index contributed by atoms with van der Waals surface area (Å²) in [5, 5.41) is 15.2. The number of carbonyl (C=O) groups is 1. The lowest BCUT2D eigenvalue weighted by Gasteiger charge is -2.63. The molecule has 10 unspecified atom stereocenters. The van der Waals surface area contributed by atoms with Gasteiger partial charge in [-0.2, -0.15) is 0 Å². The maximum Gasteiger partial charge on any atom is 0.253 e. The second-order valence-electron chi connectivity index (χ2n) is 30.6. The topological polar surface area (TPSA) is 173 Å². The van der Waals surface area contributed by atoms with E-state index in [0.29, 0.717) is 108 Å². The first-order chi connectivity index (χ1) is 36.8. The van der Waals surface area contributed by atoms with Gasteiger partial charge in [-0.25, -0.2) is 17.6 Å². The molecule has 10 nitrogen and oxygen atoms in total.